The molecule has 0 bridgehead atoms. The van der Waals surface area contributed by atoms with Crippen LogP contribution in [0, 0.1) is 0 Å². The largest absolute Gasteiger partial charge is 0.384 e. The van der Waals surface area contributed by atoms with Crippen molar-refractivity contribution >= 4 is 12.9 Å². The van der Waals surface area contributed by atoms with Crippen molar-refractivity contribution in [2.75, 3.05) is 13.3 Å². The highest BCUT2D eigenvalue weighted by atomic mass is 31.2. The second kappa shape index (κ2) is 3.82. The summed E-state index contributed by atoms with van der Waals surface area (Å²) in [5.41, 5.74) is 1.94. The maximum atomic E-state index is 11.8. The molecule has 0 saturated heterocycles. The van der Waals surface area contributed by atoms with E-state index in [0.29, 0.717) is 6.42 Å². The maximum Gasteiger partial charge on any atom is 0.184 e. The van der Waals surface area contributed by atoms with Gasteiger partial charge in [0.25, 0.3) is 0 Å². The van der Waals surface area contributed by atoms with E-state index in [1.807, 2.05) is 30.3 Å². The SMILES string of the molecule is CP(C)(=O)C1CC(c2ccccc2)=NO1. The molecular weight excluding hydrogens is 209 g/mol. The third-order valence-electron chi connectivity index (χ3n) is 2.45. The molecule has 0 aromatic heterocycles. The molecular formula is C11H14NO2P. The number of rotatable bonds is 2. The van der Waals surface area contributed by atoms with Crippen LogP contribution in [0.1, 0.15) is 12.0 Å². The van der Waals surface area contributed by atoms with Gasteiger partial charge in [-0.25, -0.2) is 0 Å². The lowest BCUT2D eigenvalue weighted by Gasteiger charge is -2.12. The van der Waals surface area contributed by atoms with E-state index in [9.17, 15) is 4.57 Å². The molecule has 1 aromatic rings. The molecule has 1 aliphatic heterocycles. The third kappa shape index (κ3) is 2.29. The average molecular weight is 223 g/mol. The highest BCUT2D eigenvalue weighted by Gasteiger charge is 2.31. The van der Waals surface area contributed by atoms with E-state index in [2.05, 4.69) is 5.16 Å². The molecule has 0 amide bonds. The Morgan fingerprint density at radius 1 is 1.33 bits per heavy atom. The smallest absolute Gasteiger partial charge is 0.184 e. The molecule has 3 nitrogen and oxygen atoms in total. The normalized spacial score (nSPS) is 20.9. The molecule has 0 radical (unpaired) electrons. The summed E-state index contributed by atoms with van der Waals surface area (Å²) in [6.45, 7) is 3.47. The Hall–Kier alpha value is -1.08. The van der Waals surface area contributed by atoms with Gasteiger partial charge in [-0.1, -0.05) is 35.5 Å². The average Bonchev–Trinajstić information content (AvgIpc) is 2.67. The van der Waals surface area contributed by atoms with Gasteiger partial charge >= 0.3 is 0 Å². The number of hydrogen-bond acceptors (Lipinski definition) is 3. The van der Waals surface area contributed by atoms with E-state index in [1.165, 1.54) is 0 Å². The molecule has 1 heterocycles. The maximum absolute atomic E-state index is 11.8. The summed E-state index contributed by atoms with van der Waals surface area (Å²) in [6.07, 6.45) is 0.647. The van der Waals surface area contributed by atoms with Gasteiger partial charge in [-0.2, -0.15) is 0 Å². The lowest BCUT2D eigenvalue weighted by atomic mass is 10.1. The van der Waals surface area contributed by atoms with Gasteiger partial charge in [0.15, 0.2) is 5.85 Å². The van der Waals surface area contributed by atoms with Crippen LogP contribution < -0.4 is 0 Å². The van der Waals surface area contributed by atoms with E-state index >= 15 is 0 Å². The minimum Gasteiger partial charge on any atom is -0.384 e. The number of benzene rings is 1. The summed E-state index contributed by atoms with van der Waals surface area (Å²) in [5, 5.41) is 4.00. The second-order valence-corrected chi connectivity index (χ2v) is 7.55. The first-order valence-corrected chi connectivity index (χ1v) is 7.57. The fourth-order valence-corrected chi connectivity index (χ4v) is 2.39. The van der Waals surface area contributed by atoms with Crippen LogP contribution in [-0.2, 0) is 9.40 Å². The van der Waals surface area contributed by atoms with Gasteiger partial charge in [-0.3, -0.25) is 0 Å². The molecule has 1 aliphatic rings. The van der Waals surface area contributed by atoms with Crippen LogP contribution in [0.15, 0.2) is 35.5 Å². The van der Waals surface area contributed by atoms with Crippen LogP contribution in [0.4, 0.5) is 0 Å². The monoisotopic (exact) mass is 223 g/mol. The van der Waals surface area contributed by atoms with Crippen molar-refractivity contribution in [2.24, 2.45) is 5.16 Å². The zero-order chi connectivity index (χ0) is 10.9. The fraction of sp³-hybridized carbons (Fsp3) is 0.364. The van der Waals surface area contributed by atoms with E-state index in [4.69, 9.17) is 4.84 Å². The predicted octanol–water partition coefficient (Wildman–Crippen LogP) is 2.76. The Morgan fingerprint density at radius 2 is 2.00 bits per heavy atom. The zero-order valence-corrected chi connectivity index (χ0v) is 9.78. The molecule has 2 rings (SSSR count). The van der Waals surface area contributed by atoms with Crippen molar-refractivity contribution in [1.82, 2.24) is 0 Å². The quantitative estimate of drug-likeness (QED) is 0.723. The minimum atomic E-state index is -2.21. The molecule has 1 unspecified atom stereocenters. The van der Waals surface area contributed by atoms with Crippen LogP contribution in [-0.4, -0.2) is 24.9 Å². The Morgan fingerprint density at radius 3 is 2.53 bits per heavy atom. The van der Waals surface area contributed by atoms with Gasteiger partial charge in [0.1, 0.15) is 7.14 Å². The molecule has 4 heteroatoms. The van der Waals surface area contributed by atoms with Gasteiger partial charge in [0, 0.05) is 6.42 Å². The lowest BCUT2D eigenvalue weighted by molar-refractivity contribution is 0.139. The standard InChI is InChI=1S/C11H14NO2P/c1-15(2,13)11-8-10(12-14-11)9-6-4-3-5-7-9/h3-7,11H,8H2,1-2H3. The number of nitrogens with zero attached hydrogens (tertiary/aromatic N) is 1. The van der Waals surface area contributed by atoms with Crippen LogP contribution >= 0.6 is 7.14 Å². The second-order valence-electron chi connectivity index (χ2n) is 4.10. The van der Waals surface area contributed by atoms with Crippen molar-refractivity contribution in [3.63, 3.8) is 0 Å². The third-order valence-corrected chi connectivity index (χ3v) is 4.12. The van der Waals surface area contributed by atoms with Crippen LogP contribution in [0.5, 0.6) is 0 Å². The fourth-order valence-electron chi connectivity index (χ4n) is 1.50. The molecule has 1 atom stereocenters. The van der Waals surface area contributed by atoms with Crippen LogP contribution in [0.2, 0.25) is 0 Å². The first-order chi connectivity index (χ1) is 7.07. The summed E-state index contributed by atoms with van der Waals surface area (Å²) < 4.78 is 11.8. The summed E-state index contributed by atoms with van der Waals surface area (Å²) in [6, 6.07) is 9.86. The van der Waals surface area contributed by atoms with Crippen molar-refractivity contribution in [3.05, 3.63) is 35.9 Å². The predicted molar refractivity (Wildman–Crippen MR) is 61.9 cm³/mol. The van der Waals surface area contributed by atoms with Gasteiger partial charge < -0.3 is 9.40 Å². The molecule has 0 fully saturated rings. The first-order valence-electron chi connectivity index (χ1n) is 4.90. The van der Waals surface area contributed by atoms with Crippen molar-refractivity contribution < 1.29 is 9.40 Å². The molecule has 80 valence electrons. The van der Waals surface area contributed by atoms with Crippen molar-refractivity contribution in [2.45, 2.75) is 12.3 Å². The van der Waals surface area contributed by atoms with Crippen LogP contribution in [0.25, 0.3) is 0 Å². The summed E-state index contributed by atoms with van der Waals surface area (Å²) in [7, 11) is -2.21. The lowest BCUT2D eigenvalue weighted by Crippen LogP contribution is -2.07. The first kappa shape index (κ1) is 10.4. The van der Waals surface area contributed by atoms with E-state index in [1.54, 1.807) is 13.3 Å². The van der Waals surface area contributed by atoms with E-state index in [0.717, 1.165) is 11.3 Å². The van der Waals surface area contributed by atoms with E-state index < -0.39 is 7.14 Å². The summed E-state index contributed by atoms with van der Waals surface area (Å²) in [4.78, 5) is 5.21. The molecule has 0 saturated carbocycles. The Bertz CT molecular complexity index is 421. The Labute approximate surface area is 89.5 Å². The highest BCUT2D eigenvalue weighted by molar-refractivity contribution is 7.62. The van der Waals surface area contributed by atoms with Gasteiger partial charge in [0.05, 0.1) is 5.71 Å². The van der Waals surface area contributed by atoms with Gasteiger partial charge in [0.2, 0.25) is 0 Å². The Kier molecular flexibility index (Phi) is 2.66. The van der Waals surface area contributed by atoms with Crippen molar-refractivity contribution in [3.8, 4) is 0 Å². The highest BCUT2D eigenvalue weighted by Crippen LogP contribution is 2.47. The Balaban J connectivity index is 2.14. The minimum absolute atomic E-state index is 0.243. The topological polar surface area (TPSA) is 38.7 Å². The summed E-state index contributed by atoms with van der Waals surface area (Å²) >= 11 is 0. The van der Waals surface area contributed by atoms with Gasteiger partial charge in [-0.15, -0.1) is 0 Å². The van der Waals surface area contributed by atoms with Crippen LogP contribution in [0.3, 0.4) is 0 Å². The number of oxime groups is 1. The molecule has 0 aliphatic carbocycles. The summed E-state index contributed by atoms with van der Waals surface area (Å²) in [5.74, 6) is -0.243. The number of hydrogen-bond donors (Lipinski definition) is 0. The van der Waals surface area contributed by atoms with E-state index in [-0.39, 0.29) is 5.85 Å². The van der Waals surface area contributed by atoms with Gasteiger partial charge in [-0.05, 0) is 18.9 Å². The molecule has 0 N–H and O–H groups in total. The zero-order valence-electron chi connectivity index (χ0n) is 8.88. The van der Waals surface area contributed by atoms with Crippen molar-refractivity contribution in [1.29, 1.82) is 0 Å². The molecule has 15 heavy (non-hydrogen) atoms. The molecule has 0 spiro atoms. The molecule has 1 aromatic carbocycles.